The first-order chi connectivity index (χ1) is 13.6. The minimum atomic E-state index is -1.01. The summed E-state index contributed by atoms with van der Waals surface area (Å²) in [4.78, 5) is 19.7. The molecule has 28 heavy (non-hydrogen) atoms. The molecular weight excluding hydrogens is 398 g/mol. The van der Waals surface area contributed by atoms with Crippen molar-refractivity contribution in [2.24, 2.45) is 0 Å². The van der Waals surface area contributed by atoms with Crippen LogP contribution in [0.5, 0.6) is 11.6 Å². The highest BCUT2D eigenvalue weighted by molar-refractivity contribution is 8.00. The van der Waals surface area contributed by atoms with Crippen LogP contribution in [0.25, 0.3) is 0 Å². The van der Waals surface area contributed by atoms with Crippen molar-refractivity contribution >= 4 is 34.9 Å². The van der Waals surface area contributed by atoms with Gasteiger partial charge in [0.05, 0.1) is 25.5 Å². The molecule has 0 unspecified atom stereocenters. The second-order valence-corrected chi connectivity index (χ2v) is 6.92. The molecule has 2 aromatic heterocycles. The second-order valence-electron chi connectivity index (χ2n) is 5.23. The number of thiazole rings is 1. The van der Waals surface area contributed by atoms with E-state index >= 15 is 0 Å². The number of hydrogen-bond acceptors (Lipinski definition) is 8. The number of nitrogens with zero attached hydrogens (tertiary/aromatic N) is 2. The average molecular weight is 413 g/mol. The van der Waals surface area contributed by atoms with Gasteiger partial charge in [-0.3, -0.25) is 0 Å². The molecule has 0 saturated heterocycles. The van der Waals surface area contributed by atoms with E-state index in [2.05, 4.69) is 26.5 Å². The van der Waals surface area contributed by atoms with Crippen LogP contribution in [0, 0.1) is 11.8 Å². The molecule has 3 aromatic rings. The summed E-state index contributed by atoms with van der Waals surface area (Å²) in [5.74, 6) is 5.88. The van der Waals surface area contributed by atoms with Gasteiger partial charge in [0.15, 0.2) is 5.01 Å². The molecule has 3 rings (SSSR count). The highest BCUT2D eigenvalue weighted by Crippen LogP contribution is 2.30. The predicted octanol–water partition coefficient (Wildman–Crippen LogP) is 3.77. The molecule has 9 heteroatoms. The van der Waals surface area contributed by atoms with E-state index in [4.69, 9.17) is 14.6 Å². The minimum absolute atomic E-state index is 0.157. The van der Waals surface area contributed by atoms with Gasteiger partial charge >= 0.3 is 5.97 Å². The molecule has 0 spiro atoms. The fourth-order valence-electron chi connectivity index (χ4n) is 2.09. The van der Waals surface area contributed by atoms with Gasteiger partial charge in [0.25, 0.3) is 0 Å². The topological polar surface area (TPSA) is 93.6 Å². The maximum atomic E-state index is 11.0. The summed E-state index contributed by atoms with van der Waals surface area (Å²) in [6, 6.07) is 10.00. The number of nitrogens with one attached hydrogen (secondary N) is 1. The van der Waals surface area contributed by atoms with Crippen molar-refractivity contribution in [3.63, 3.8) is 0 Å². The van der Waals surface area contributed by atoms with E-state index in [1.165, 1.54) is 42.5 Å². The van der Waals surface area contributed by atoms with Crippen molar-refractivity contribution in [2.45, 2.75) is 5.03 Å². The molecule has 142 valence electrons. The van der Waals surface area contributed by atoms with E-state index in [9.17, 15) is 4.79 Å². The third kappa shape index (κ3) is 4.94. The van der Waals surface area contributed by atoms with Gasteiger partial charge in [0, 0.05) is 23.4 Å². The lowest BCUT2D eigenvalue weighted by molar-refractivity contribution is 0.0696. The molecule has 0 bridgehead atoms. The Bertz CT molecular complexity index is 1060. The van der Waals surface area contributed by atoms with Crippen molar-refractivity contribution in [3.05, 3.63) is 58.0 Å². The van der Waals surface area contributed by atoms with Crippen LogP contribution in [0.2, 0.25) is 0 Å². The van der Waals surface area contributed by atoms with Crippen molar-refractivity contribution in [2.75, 3.05) is 18.9 Å². The molecule has 0 fully saturated rings. The standard InChI is InChI=1S/C19H15N3O4S2/c1-25-15-10-12(19(23)24)6-8-14(15)22-28-18-11-27-17(21-18)9-7-13-4-3-5-16(20-13)26-2/h3-6,8,10-11,22H,1-2H3,(H,23,24). The largest absolute Gasteiger partial charge is 0.495 e. The first kappa shape index (κ1) is 19.5. The molecule has 2 heterocycles. The summed E-state index contributed by atoms with van der Waals surface area (Å²) in [5.41, 5.74) is 1.41. The minimum Gasteiger partial charge on any atom is -0.495 e. The zero-order valence-corrected chi connectivity index (χ0v) is 16.6. The number of carboxylic acids is 1. The Morgan fingerprint density at radius 3 is 2.79 bits per heavy atom. The normalized spacial score (nSPS) is 9.93. The Morgan fingerprint density at radius 1 is 1.18 bits per heavy atom. The highest BCUT2D eigenvalue weighted by atomic mass is 32.2. The zero-order valence-electron chi connectivity index (χ0n) is 14.9. The van der Waals surface area contributed by atoms with Crippen LogP contribution in [0.15, 0.2) is 46.8 Å². The summed E-state index contributed by atoms with van der Waals surface area (Å²) in [5, 5.41) is 12.3. The van der Waals surface area contributed by atoms with Crippen molar-refractivity contribution in [1.82, 2.24) is 9.97 Å². The lowest BCUT2D eigenvalue weighted by atomic mass is 10.2. The van der Waals surface area contributed by atoms with E-state index in [-0.39, 0.29) is 5.56 Å². The summed E-state index contributed by atoms with van der Waals surface area (Å²) >= 11 is 2.70. The number of aromatic carboxylic acids is 1. The zero-order chi connectivity index (χ0) is 19.9. The first-order valence-corrected chi connectivity index (χ1v) is 9.61. The maximum Gasteiger partial charge on any atom is 0.335 e. The molecule has 0 saturated carbocycles. The van der Waals surface area contributed by atoms with Gasteiger partial charge in [-0.15, -0.1) is 11.3 Å². The van der Waals surface area contributed by atoms with Gasteiger partial charge in [0.2, 0.25) is 5.88 Å². The quantitative estimate of drug-likeness (QED) is 0.466. The molecule has 0 amide bonds. The Hall–Kier alpha value is -3.22. The number of benzene rings is 1. The number of pyridine rings is 1. The van der Waals surface area contributed by atoms with Crippen molar-refractivity contribution in [1.29, 1.82) is 0 Å². The number of aromatic nitrogens is 2. The molecule has 1 aromatic carbocycles. The summed E-state index contributed by atoms with van der Waals surface area (Å²) in [6.07, 6.45) is 0. The first-order valence-electron chi connectivity index (χ1n) is 7.92. The third-order valence-corrected chi connectivity index (χ3v) is 5.07. The van der Waals surface area contributed by atoms with E-state index < -0.39 is 5.97 Å². The third-order valence-electron chi connectivity index (χ3n) is 3.43. The average Bonchev–Trinajstić information content (AvgIpc) is 3.18. The smallest absolute Gasteiger partial charge is 0.335 e. The SMILES string of the molecule is COc1cccc(C#Cc2nc(SNc3ccc(C(=O)O)cc3OC)cs2)n1. The van der Waals surface area contributed by atoms with Crippen LogP contribution < -0.4 is 14.2 Å². The van der Waals surface area contributed by atoms with E-state index in [1.54, 1.807) is 25.3 Å². The molecule has 0 aliphatic heterocycles. The Morgan fingerprint density at radius 2 is 2.04 bits per heavy atom. The second kappa shape index (κ2) is 9.12. The summed E-state index contributed by atoms with van der Waals surface area (Å²) < 4.78 is 13.4. The number of ether oxygens (including phenoxy) is 2. The van der Waals surface area contributed by atoms with Crippen LogP contribution in [-0.4, -0.2) is 35.3 Å². The van der Waals surface area contributed by atoms with Gasteiger partial charge in [-0.05, 0) is 36.1 Å². The number of hydrogen-bond donors (Lipinski definition) is 2. The lowest BCUT2D eigenvalue weighted by Crippen LogP contribution is -1.99. The molecule has 2 N–H and O–H groups in total. The number of methoxy groups -OCH3 is 2. The van der Waals surface area contributed by atoms with Gasteiger partial charge in [0.1, 0.15) is 16.5 Å². The lowest BCUT2D eigenvalue weighted by Gasteiger charge is -2.10. The van der Waals surface area contributed by atoms with Crippen LogP contribution >= 0.6 is 23.3 Å². The van der Waals surface area contributed by atoms with Crippen molar-refractivity contribution in [3.8, 4) is 23.5 Å². The molecule has 0 atom stereocenters. The number of carboxylic acid groups (broad SMARTS) is 1. The fourth-order valence-corrected chi connectivity index (χ4v) is 3.54. The van der Waals surface area contributed by atoms with E-state index in [0.29, 0.717) is 28.0 Å². The number of carbonyl (C=O) groups is 1. The Kier molecular flexibility index (Phi) is 6.37. The number of rotatable bonds is 6. The molecule has 0 radical (unpaired) electrons. The summed E-state index contributed by atoms with van der Waals surface area (Å²) in [7, 11) is 3.04. The van der Waals surface area contributed by atoms with Crippen LogP contribution in [0.4, 0.5) is 5.69 Å². The molecule has 0 aliphatic carbocycles. The monoisotopic (exact) mass is 413 g/mol. The van der Waals surface area contributed by atoms with E-state index in [1.807, 2.05) is 11.4 Å². The van der Waals surface area contributed by atoms with E-state index in [0.717, 1.165) is 5.03 Å². The van der Waals surface area contributed by atoms with Crippen LogP contribution in [-0.2, 0) is 0 Å². The molecule has 0 aliphatic rings. The van der Waals surface area contributed by atoms with Crippen LogP contribution in [0.3, 0.4) is 0 Å². The Labute approximate surface area is 169 Å². The van der Waals surface area contributed by atoms with Gasteiger partial charge in [-0.2, -0.15) is 0 Å². The molecule has 7 nitrogen and oxygen atoms in total. The van der Waals surface area contributed by atoms with Crippen LogP contribution in [0.1, 0.15) is 21.1 Å². The fraction of sp³-hybridized carbons (Fsp3) is 0.105. The summed E-state index contributed by atoms with van der Waals surface area (Å²) in [6.45, 7) is 0. The van der Waals surface area contributed by atoms with Crippen molar-refractivity contribution < 1.29 is 19.4 Å². The predicted molar refractivity (Wildman–Crippen MR) is 108 cm³/mol. The molecular formula is C19H15N3O4S2. The van der Waals surface area contributed by atoms with Gasteiger partial charge in [-0.25, -0.2) is 14.8 Å². The van der Waals surface area contributed by atoms with Gasteiger partial charge < -0.3 is 19.3 Å². The highest BCUT2D eigenvalue weighted by Gasteiger charge is 2.10. The maximum absolute atomic E-state index is 11.0. The number of anilines is 1. The Balaban J connectivity index is 1.67. The van der Waals surface area contributed by atoms with Gasteiger partial charge in [-0.1, -0.05) is 6.07 Å².